The Hall–Kier alpha value is -3.94. The standard InChI is InChI=1S/C27H23F4NO3/c1-3-17(16-33)11-18-5-4-6-19(12-18)20-7-10-25(35-2)21(13-20)15-32-26(34)23-9-8-22(14-24(23)28)27(29,30)31/h4-14,16H,3,15H2,1-2H3,(H,32,34)/b17-11+. The second-order valence-electron chi connectivity index (χ2n) is 7.72. The summed E-state index contributed by atoms with van der Waals surface area (Å²) < 4.78 is 57.8. The van der Waals surface area contributed by atoms with Crippen molar-refractivity contribution in [3.63, 3.8) is 0 Å². The van der Waals surface area contributed by atoms with Crippen molar-refractivity contribution in [3.8, 4) is 16.9 Å². The molecule has 0 spiro atoms. The summed E-state index contributed by atoms with van der Waals surface area (Å²) in [6.07, 6.45) is -1.47. The van der Waals surface area contributed by atoms with E-state index in [-0.39, 0.29) is 6.54 Å². The van der Waals surface area contributed by atoms with E-state index in [4.69, 9.17) is 4.74 Å². The zero-order valence-corrected chi connectivity index (χ0v) is 19.1. The van der Waals surface area contributed by atoms with E-state index < -0.39 is 29.0 Å². The topological polar surface area (TPSA) is 55.4 Å². The molecule has 3 aromatic rings. The molecule has 0 atom stereocenters. The quantitative estimate of drug-likeness (QED) is 0.227. The van der Waals surface area contributed by atoms with Gasteiger partial charge >= 0.3 is 6.18 Å². The molecule has 3 aromatic carbocycles. The van der Waals surface area contributed by atoms with Gasteiger partial charge in [-0.2, -0.15) is 13.2 Å². The number of rotatable bonds is 8. The van der Waals surface area contributed by atoms with Crippen LogP contribution in [0.4, 0.5) is 17.6 Å². The Bertz CT molecular complexity index is 1270. The van der Waals surface area contributed by atoms with Crippen molar-refractivity contribution in [2.24, 2.45) is 0 Å². The molecular weight excluding hydrogens is 462 g/mol. The van der Waals surface area contributed by atoms with Gasteiger partial charge in [0.15, 0.2) is 0 Å². The number of benzene rings is 3. The summed E-state index contributed by atoms with van der Waals surface area (Å²) in [6, 6.07) is 14.7. The minimum Gasteiger partial charge on any atom is -0.496 e. The zero-order chi connectivity index (χ0) is 25.6. The van der Waals surface area contributed by atoms with E-state index in [1.165, 1.54) is 7.11 Å². The maximum atomic E-state index is 14.2. The van der Waals surface area contributed by atoms with Gasteiger partial charge in [-0.25, -0.2) is 4.39 Å². The molecule has 0 fully saturated rings. The first-order valence-electron chi connectivity index (χ1n) is 10.7. The lowest BCUT2D eigenvalue weighted by Crippen LogP contribution is -2.24. The van der Waals surface area contributed by atoms with E-state index in [9.17, 15) is 27.2 Å². The number of amides is 1. The molecule has 182 valence electrons. The highest BCUT2D eigenvalue weighted by Gasteiger charge is 2.31. The zero-order valence-electron chi connectivity index (χ0n) is 19.1. The van der Waals surface area contributed by atoms with E-state index >= 15 is 0 Å². The lowest BCUT2D eigenvalue weighted by Gasteiger charge is -2.13. The van der Waals surface area contributed by atoms with Gasteiger partial charge in [-0.3, -0.25) is 9.59 Å². The van der Waals surface area contributed by atoms with Gasteiger partial charge in [-0.1, -0.05) is 31.2 Å². The van der Waals surface area contributed by atoms with Gasteiger partial charge in [-0.05, 0) is 71.2 Å². The van der Waals surface area contributed by atoms with Crippen LogP contribution >= 0.6 is 0 Å². The average Bonchev–Trinajstić information content (AvgIpc) is 2.85. The van der Waals surface area contributed by atoms with E-state index in [2.05, 4.69) is 5.32 Å². The Morgan fingerprint density at radius 2 is 1.77 bits per heavy atom. The van der Waals surface area contributed by atoms with Crippen LogP contribution in [0.1, 0.15) is 40.4 Å². The van der Waals surface area contributed by atoms with Gasteiger partial charge in [0.2, 0.25) is 0 Å². The third-order valence-corrected chi connectivity index (χ3v) is 5.39. The first kappa shape index (κ1) is 25.7. The molecule has 1 N–H and O–H groups in total. The number of ether oxygens (including phenoxy) is 1. The molecule has 1 amide bonds. The molecular formula is C27H23F4NO3. The minimum absolute atomic E-state index is 0.0406. The molecule has 0 aromatic heterocycles. The fraction of sp³-hybridized carbons (Fsp3) is 0.185. The second-order valence-corrected chi connectivity index (χ2v) is 7.72. The number of hydrogen-bond donors (Lipinski definition) is 1. The summed E-state index contributed by atoms with van der Waals surface area (Å²) in [7, 11) is 1.47. The second kappa shape index (κ2) is 11.0. The first-order chi connectivity index (χ1) is 16.7. The molecule has 8 heteroatoms. The Morgan fingerprint density at radius 1 is 1.03 bits per heavy atom. The van der Waals surface area contributed by atoms with Crippen LogP contribution in [-0.4, -0.2) is 19.3 Å². The van der Waals surface area contributed by atoms with E-state index in [0.717, 1.165) is 29.0 Å². The minimum atomic E-state index is -4.71. The van der Waals surface area contributed by atoms with E-state index in [1.807, 2.05) is 37.3 Å². The van der Waals surface area contributed by atoms with Gasteiger partial charge in [0.1, 0.15) is 17.9 Å². The molecule has 0 aliphatic carbocycles. The molecule has 4 nitrogen and oxygen atoms in total. The van der Waals surface area contributed by atoms with Gasteiger partial charge < -0.3 is 10.1 Å². The predicted molar refractivity (Wildman–Crippen MR) is 125 cm³/mol. The van der Waals surface area contributed by atoms with Gasteiger partial charge in [0.05, 0.1) is 18.2 Å². The van der Waals surface area contributed by atoms with E-state index in [0.29, 0.717) is 35.4 Å². The number of nitrogens with one attached hydrogen (secondary N) is 1. The number of hydrogen-bond acceptors (Lipinski definition) is 3. The third-order valence-electron chi connectivity index (χ3n) is 5.39. The van der Waals surface area contributed by atoms with Crippen molar-refractivity contribution in [1.82, 2.24) is 5.32 Å². The van der Waals surface area contributed by atoms with Crippen LogP contribution in [0.5, 0.6) is 5.75 Å². The monoisotopic (exact) mass is 485 g/mol. The maximum absolute atomic E-state index is 14.2. The van der Waals surface area contributed by atoms with Crippen LogP contribution in [0.25, 0.3) is 17.2 Å². The molecule has 0 bridgehead atoms. The third kappa shape index (κ3) is 6.35. The summed E-state index contributed by atoms with van der Waals surface area (Å²) in [5.74, 6) is -1.63. The number of carbonyl (C=O) groups is 2. The number of allylic oxidation sites excluding steroid dienone is 1. The highest BCUT2D eigenvalue weighted by atomic mass is 19.4. The number of aldehydes is 1. The Labute approximate surface area is 200 Å². The van der Waals surface area contributed by atoms with Gasteiger partial charge in [0.25, 0.3) is 5.91 Å². The Balaban J connectivity index is 1.83. The average molecular weight is 485 g/mol. The predicted octanol–water partition coefficient (Wildman–Crippen LogP) is 6.44. The molecule has 0 unspecified atom stereocenters. The Kier molecular flexibility index (Phi) is 8.06. The molecule has 0 heterocycles. The molecule has 0 aliphatic heterocycles. The van der Waals surface area contributed by atoms with Crippen molar-refractivity contribution < 1.29 is 31.9 Å². The fourth-order valence-corrected chi connectivity index (χ4v) is 3.48. The SMILES string of the molecule is CC/C(C=O)=C\c1cccc(-c2ccc(OC)c(CNC(=O)c3ccc(C(F)(F)F)cc3F)c2)c1. The van der Waals surface area contributed by atoms with Crippen LogP contribution in [0.15, 0.2) is 66.2 Å². The van der Waals surface area contributed by atoms with Crippen molar-refractivity contribution >= 4 is 18.3 Å². The number of methoxy groups -OCH3 is 1. The van der Waals surface area contributed by atoms with Crippen LogP contribution in [0, 0.1) is 5.82 Å². The summed E-state index contributed by atoms with van der Waals surface area (Å²) in [6.45, 7) is 1.85. The normalized spacial score (nSPS) is 11.8. The van der Waals surface area contributed by atoms with Gasteiger partial charge in [0, 0.05) is 12.1 Å². The fourth-order valence-electron chi connectivity index (χ4n) is 3.48. The molecule has 0 aliphatic rings. The molecule has 35 heavy (non-hydrogen) atoms. The van der Waals surface area contributed by atoms with Crippen molar-refractivity contribution in [3.05, 3.63) is 94.3 Å². The largest absolute Gasteiger partial charge is 0.496 e. The number of halogens is 4. The molecule has 0 saturated carbocycles. The first-order valence-corrected chi connectivity index (χ1v) is 10.7. The summed E-state index contributed by atoms with van der Waals surface area (Å²) >= 11 is 0. The van der Waals surface area contributed by atoms with Gasteiger partial charge in [-0.15, -0.1) is 0 Å². The van der Waals surface area contributed by atoms with Crippen molar-refractivity contribution in [1.29, 1.82) is 0 Å². The summed E-state index contributed by atoms with van der Waals surface area (Å²) in [5, 5.41) is 2.53. The molecule has 0 saturated heterocycles. The highest BCUT2D eigenvalue weighted by Crippen LogP contribution is 2.31. The van der Waals surface area contributed by atoms with Crippen LogP contribution < -0.4 is 10.1 Å². The van der Waals surface area contributed by atoms with Crippen LogP contribution in [0.3, 0.4) is 0 Å². The highest BCUT2D eigenvalue weighted by molar-refractivity contribution is 5.94. The Morgan fingerprint density at radius 3 is 2.40 bits per heavy atom. The molecule has 0 radical (unpaired) electrons. The summed E-state index contributed by atoms with van der Waals surface area (Å²) in [5.41, 5.74) is 2.13. The van der Waals surface area contributed by atoms with E-state index in [1.54, 1.807) is 18.2 Å². The maximum Gasteiger partial charge on any atom is 0.416 e. The number of carbonyl (C=O) groups excluding carboxylic acids is 2. The lowest BCUT2D eigenvalue weighted by atomic mass is 9.99. The van der Waals surface area contributed by atoms with Crippen molar-refractivity contribution in [2.75, 3.05) is 7.11 Å². The van der Waals surface area contributed by atoms with Crippen molar-refractivity contribution in [2.45, 2.75) is 26.1 Å². The number of alkyl halides is 3. The molecule has 3 rings (SSSR count). The van der Waals surface area contributed by atoms with Crippen LogP contribution in [0.2, 0.25) is 0 Å². The lowest BCUT2D eigenvalue weighted by molar-refractivity contribution is -0.137. The smallest absolute Gasteiger partial charge is 0.416 e. The summed E-state index contributed by atoms with van der Waals surface area (Å²) in [4.78, 5) is 23.6. The van der Waals surface area contributed by atoms with Crippen LogP contribution in [-0.2, 0) is 17.5 Å².